The molecule has 1 fully saturated rings. The molecule has 0 radical (unpaired) electrons. The van der Waals surface area contributed by atoms with Gasteiger partial charge >= 0.3 is 0 Å². The average molecular weight is 550 g/mol. The lowest BCUT2D eigenvalue weighted by molar-refractivity contribution is 0.163. The molecule has 0 bridgehead atoms. The summed E-state index contributed by atoms with van der Waals surface area (Å²) in [6, 6.07) is 8.70. The van der Waals surface area contributed by atoms with Crippen molar-refractivity contribution >= 4 is 35.4 Å². The van der Waals surface area contributed by atoms with Gasteiger partial charge in [-0.3, -0.25) is 4.90 Å². The number of H-pyrrole nitrogens is 1. The van der Waals surface area contributed by atoms with Crippen molar-refractivity contribution in [2.75, 3.05) is 36.9 Å². The maximum Gasteiger partial charge on any atom is 0.223 e. The molecular formula is C30H40ClN7O. The molecule has 1 unspecified atom stereocenters. The Bertz CT molecular complexity index is 1270. The zero-order valence-electron chi connectivity index (χ0n) is 22.9. The van der Waals surface area contributed by atoms with E-state index in [0.29, 0.717) is 29.6 Å². The molecule has 0 saturated carbocycles. The molecule has 3 heterocycles. The van der Waals surface area contributed by atoms with E-state index >= 15 is 0 Å². The summed E-state index contributed by atoms with van der Waals surface area (Å²) in [4.78, 5) is 16.9. The number of nitrogens with one attached hydrogen (secondary N) is 2. The van der Waals surface area contributed by atoms with Gasteiger partial charge in [0.15, 0.2) is 0 Å². The third-order valence-electron chi connectivity index (χ3n) is 7.25. The molecule has 39 heavy (non-hydrogen) atoms. The second-order valence-electron chi connectivity index (χ2n) is 10.0. The topological polar surface area (TPSA) is 106 Å². The van der Waals surface area contributed by atoms with Crippen molar-refractivity contribution in [1.29, 1.82) is 0 Å². The molecular weight excluding hydrogens is 510 g/mol. The van der Waals surface area contributed by atoms with E-state index in [1.165, 1.54) is 5.56 Å². The lowest BCUT2D eigenvalue weighted by Gasteiger charge is -2.32. The smallest absolute Gasteiger partial charge is 0.223 e. The first-order valence-corrected chi connectivity index (χ1v) is 14.0. The summed E-state index contributed by atoms with van der Waals surface area (Å²) in [5, 5.41) is 14.5. The third kappa shape index (κ3) is 7.28. The van der Waals surface area contributed by atoms with Crippen molar-refractivity contribution in [3.8, 4) is 11.3 Å². The van der Waals surface area contributed by atoms with Gasteiger partial charge in [-0.25, -0.2) is 9.97 Å². The minimum absolute atomic E-state index is 0.286. The molecule has 1 saturated heterocycles. The Labute approximate surface area is 236 Å². The van der Waals surface area contributed by atoms with E-state index in [0.717, 1.165) is 61.4 Å². The fourth-order valence-corrected chi connectivity index (χ4v) is 5.21. The Morgan fingerprint density at radius 1 is 1.36 bits per heavy atom. The number of hydrogen-bond donors (Lipinski definition) is 4. The Balaban J connectivity index is 1.35. The standard InChI is InChI=1S/C30H40ClN7O/c1-4-8-27-24(5-2)25(18-33-27)29-26(31)19-34-30(36-29)35-22-12-15-38(16-13-22)20-21-9-6-10-23(17-21)37(3)28(39)11-7-14-32/h4-6,8-10,17-19,22,28,33,39H,2,7,11-16,20,32H2,1,3H3,(H,34,35,36)/b8-4-. The molecule has 8 nitrogen and oxygen atoms in total. The number of benzene rings is 1. The van der Waals surface area contributed by atoms with Gasteiger partial charge in [-0.2, -0.15) is 0 Å². The van der Waals surface area contributed by atoms with E-state index in [2.05, 4.69) is 45.0 Å². The first-order chi connectivity index (χ1) is 18.9. The molecule has 4 rings (SSSR count). The summed E-state index contributed by atoms with van der Waals surface area (Å²) in [5.41, 5.74) is 11.4. The van der Waals surface area contributed by atoms with E-state index < -0.39 is 6.23 Å². The monoisotopic (exact) mass is 549 g/mol. The van der Waals surface area contributed by atoms with Gasteiger partial charge in [-0.05, 0) is 62.9 Å². The number of aromatic nitrogens is 3. The molecule has 1 atom stereocenters. The van der Waals surface area contributed by atoms with Crippen LogP contribution in [0, 0.1) is 0 Å². The highest BCUT2D eigenvalue weighted by Crippen LogP contribution is 2.32. The zero-order chi connectivity index (χ0) is 27.8. The van der Waals surface area contributed by atoms with Crippen LogP contribution in [-0.2, 0) is 6.54 Å². The molecule has 2 aromatic heterocycles. The van der Waals surface area contributed by atoms with Crippen LogP contribution in [0.3, 0.4) is 0 Å². The fourth-order valence-electron chi connectivity index (χ4n) is 5.01. The van der Waals surface area contributed by atoms with Crippen LogP contribution >= 0.6 is 11.6 Å². The molecule has 1 aliphatic rings. The van der Waals surface area contributed by atoms with Crippen molar-refractivity contribution in [2.45, 2.75) is 51.4 Å². The normalized spacial score (nSPS) is 15.5. The molecule has 9 heteroatoms. The number of likely N-dealkylation sites (tertiary alicyclic amines) is 1. The van der Waals surface area contributed by atoms with Crippen molar-refractivity contribution in [2.24, 2.45) is 5.73 Å². The van der Waals surface area contributed by atoms with Crippen LogP contribution in [0.1, 0.15) is 49.4 Å². The largest absolute Gasteiger partial charge is 0.374 e. The summed E-state index contributed by atoms with van der Waals surface area (Å²) < 4.78 is 0. The number of aliphatic hydroxyl groups is 1. The van der Waals surface area contributed by atoms with E-state index in [1.54, 1.807) is 6.20 Å². The lowest BCUT2D eigenvalue weighted by Crippen LogP contribution is -2.39. The SMILES string of the molecule is C=Cc1c(-c2nc(NC3CCN(Cc4cccc(N(C)C(O)CCCN)c4)CC3)ncc2Cl)c[nH]c1/C=C\C. The molecule has 3 aromatic rings. The molecule has 1 aliphatic heterocycles. The number of anilines is 2. The Hall–Kier alpha value is -3.17. The van der Waals surface area contributed by atoms with Gasteiger partial charge < -0.3 is 26.0 Å². The minimum atomic E-state index is -0.531. The van der Waals surface area contributed by atoms with Crippen LogP contribution in [-0.4, -0.2) is 63.9 Å². The number of aliphatic hydroxyl groups excluding tert-OH is 1. The van der Waals surface area contributed by atoms with Gasteiger partial charge in [-0.15, -0.1) is 0 Å². The second kappa shape index (κ2) is 13.8. The third-order valence-corrected chi connectivity index (χ3v) is 7.52. The summed E-state index contributed by atoms with van der Waals surface area (Å²) in [7, 11) is 1.93. The number of allylic oxidation sites excluding steroid dienone is 1. The fraction of sp³-hybridized carbons (Fsp3) is 0.400. The first-order valence-electron chi connectivity index (χ1n) is 13.6. The van der Waals surface area contributed by atoms with Crippen LogP contribution in [0.25, 0.3) is 23.4 Å². The number of hydrogen-bond acceptors (Lipinski definition) is 7. The number of halogens is 1. The van der Waals surface area contributed by atoms with E-state index in [9.17, 15) is 5.11 Å². The highest BCUT2D eigenvalue weighted by molar-refractivity contribution is 6.33. The van der Waals surface area contributed by atoms with E-state index in [1.807, 2.05) is 49.4 Å². The Morgan fingerprint density at radius 3 is 2.87 bits per heavy atom. The highest BCUT2D eigenvalue weighted by Gasteiger charge is 2.22. The van der Waals surface area contributed by atoms with Crippen LogP contribution < -0.4 is 16.0 Å². The van der Waals surface area contributed by atoms with Gasteiger partial charge in [0, 0.05) is 61.4 Å². The van der Waals surface area contributed by atoms with Gasteiger partial charge in [0.1, 0.15) is 6.23 Å². The van der Waals surface area contributed by atoms with E-state index in [4.69, 9.17) is 22.3 Å². The molecule has 208 valence electrons. The number of aromatic amines is 1. The number of piperidine rings is 1. The Morgan fingerprint density at radius 2 is 2.15 bits per heavy atom. The molecule has 0 spiro atoms. The number of nitrogens with zero attached hydrogens (tertiary/aromatic N) is 4. The minimum Gasteiger partial charge on any atom is -0.374 e. The summed E-state index contributed by atoms with van der Waals surface area (Å²) >= 11 is 6.51. The van der Waals surface area contributed by atoms with Crippen molar-refractivity contribution < 1.29 is 5.11 Å². The van der Waals surface area contributed by atoms with Gasteiger partial charge in [0.25, 0.3) is 0 Å². The molecule has 0 amide bonds. The first kappa shape index (κ1) is 28.8. The highest BCUT2D eigenvalue weighted by atomic mass is 35.5. The van der Waals surface area contributed by atoms with Crippen LogP contribution in [0.4, 0.5) is 11.6 Å². The summed E-state index contributed by atoms with van der Waals surface area (Å²) in [5.74, 6) is 0.584. The summed E-state index contributed by atoms with van der Waals surface area (Å²) in [6.45, 7) is 9.36. The maximum atomic E-state index is 10.4. The van der Waals surface area contributed by atoms with Crippen LogP contribution in [0.2, 0.25) is 5.02 Å². The number of nitrogens with two attached hydrogens (primary N) is 1. The molecule has 5 N–H and O–H groups in total. The van der Waals surface area contributed by atoms with Crippen molar-refractivity contribution in [3.05, 3.63) is 71.2 Å². The van der Waals surface area contributed by atoms with Crippen LogP contribution in [0.15, 0.2) is 49.3 Å². The van der Waals surface area contributed by atoms with Crippen molar-refractivity contribution in [1.82, 2.24) is 19.9 Å². The second-order valence-corrected chi connectivity index (χ2v) is 10.4. The quantitative estimate of drug-likeness (QED) is 0.225. The predicted octanol–water partition coefficient (Wildman–Crippen LogP) is 5.37. The average Bonchev–Trinajstić information content (AvgIpc) is 3.36. The number of rotatable bonds is 12. The molecule has 0 aliphatic carbocycles. The summed E-state index contributed by atoms with van der Waals surface area (Å²) in [6.07, 6.45) is 12.3. The van der Waals surface area contributed by atoms with Crippen molar-refractivity contribution in [3.63, 3.8) is 0 Å². The maximum absolute atomic E-state index is 10.4. The lowest BCUT2D eigenvalue weighted by atomic mass is 10.0. The van der Waals surface area contributed by atoms with Crippen LogP contribution in [0.5, 0.6) is 0 Å². The van der Waals surface area contributed by atoms with Gasteiger partial charge in [-0.1, -0.05) is 42.5 Å². The Kier molecular flexibility index (Phi) is 10.2. The van der Waals surface area contributed by atoms with Gasteiger partial charge in [0.05, 0.1) is 16.9 Å². The van der Waals surface area contributed by atoms with Gasteiger partial charge in [0.2, 0.25) is 5.95 Å². The van der Waals surface area contributed by atoms with E-state index in [-0.39, 0.29) is 6.04 Å². The molecule has 1 aromatic carbocycles. The predicted molar refractivity (Wildman–Crippen MR) is 163 cm³/mol. The zero-order valence-corrected chi connectivity index (χ0v) is 23.7.